The third-order valence-corrected chi connectivity index (χ3v) is 6.78. The Hall–Kier alpha value is -1.67. The van der Waals surface area contributed by atoms with Gasteiger partial charge in [-0.2, -0.15) is 4.31 Å². The van der Waals surface area contributed by atoms with Gasteiger partial charge in [0, 0.05) is 32.4 Å². The maximum absolute atomic E-state index is 12.8. The second-order valence-corrected chi connectivity index (χ2v) is 8.15. The highest BCUT2D eigenvalue weighted by Gasteiger charge is 2.33. The average Bonchev–Trinajstić information content (AvgIpc) is 2.61. The SMILES string of the molecule is O=C(c1ccccn1)N1CCN(S(=O)(=O)c2c(Cl)cccc2Cl)CC1. The summed E-state index contributed by atoms with van der Waals surface area (Å²) in [6.07, 6.45) is 1.55. The molecule has 1 aliphatic heterocycles. The van der Waals surface area contributed by atoms with E-state index in [-0.39, 0.29) is 47.0 Å². The van der Waals surface area contributed by atoms with Gasteiger partial charge in [0.2, 0.25) is 10.0 Å². The normalized spacial score (nSPS) is 16.0. The fourth-order valence-corrected chi connectivity index (χ4v) is 5.15. The van der Waals surface area contributed by atoms with Gasteiger partial charge in [-0.25, -0.2) is 8.42 Å². The molecule has 1 amide bonds. The molecule has 0 bridgehead atoms. The summed E-state index contributed by atoms with van der Waals surface area (Å²) in [4.78, 5) is 17.9. The molecule has 2 aromatic rings. The van der Waals surface area contributed by atoms with E-state index in [2.05, 4.69) is 4.98 Å². The summed E-state index contributed by atoms with van der Waals surface area (Å²) >= 11 is 12.1. The van der Waals surface area contributed by atoms with Crippen molar-refractivity contribution in [2.24, 2.45) is 0 Å². The molecule has 25 heavy (non-hydrogen) atoms. The van der Waals surface area contributed by atoms with E-state index in [1.807, 2.05) is 0 Å². The molecule has 1 aromatic heterocycles. The van der Waals surface area contributed by atoms with Crippen LogP contribution in [-0.4, -0.2) is 54.7 Å². The summed E-state index contributed by atoms with van der Waals surface area (Å²) < 4.78 is 26.9. The van der Waals surface area contributed by atoms with Crippen LogP contribution in [0.2, 0.25) is 10.0 Å². The number of carbonyl (C=O) groups is 1. The first-order chi connectivity index (χ1) is 11.9. The van der Waals surface area contributed by atoms with Gasteiger partial charge in [-0.3, -0.25) is 9.78 Å². The minimum atomic E-state index is -3.82. The van der Waals surface area contributed by atoms with Crippen LogP contribution < -0.4 is 0 Å². The van der Waals surface area contributed by atoms with E-state index in [0.717, 1.165) is 0 Å². The van der Waals surface area contributed by atoms with Crippen LogP contribution in [0.25, 0.3) is 0 Å². The van der Waals surface area contributed by atoms with Crippen LogP contribution in [0.4, 0.5) is 0 Å². The van der Waals surface area contributed by atoms with E-state index in [0.29, 0.717) is 5.69 Å². The Bertz CT molecular complexity index is 863. The lowest BCUT2D eigenvalue weighted by Gasteiger charge is -2.34. The molecule has 0 unspecified atom stereocenters. The van der Waals surface area contributed by atoms with E-state index >= 15 is 0 Å². The number of benzene rings is 1. The van der Waals surface area contributed by atoms with Crippen molar-refractivity contribution in [3.8, 4) is 0 Å². The second kappa shape index (κ2) is 7.29. The van der Waals surface area contributed by atoms with E-state index in [4.69, 9.17) is 23.2 Å². The van der Waals surface area contributed by atoms with Crippen molar-refractivity contribution in [3.05, 3.63) is 58.3 Å². The Morgan fingerprint density at radius 3 is 2.16 bits per heavy atom. The first kappa shape index (κ1) is 18.1. The van der Waals surface area contributed by atoms with Crippen molar-refractivity contribution in [2.75, 3.05) is 26.2 Å². The number of hydrogen-bond donors (Lipinski definition) is 0. The van der Waals surface area contributed by atoms with Gasteiger partial charge in [0.05, 0.1) is 10.0 Å². The molecule has 0 aliphatic carbocycles. The molecule has 6 nitrogen and oxygen atoms in total. The Morgan fingerprint density at radius 2 is 1.60 bits per heavy atom. The molecular formula is C16H15Cl2N3O3S. The van der Waals surface area contributed by atoms with Crippen LogP contribution >= 0.6 is 23.2 Å². The quantitative estimate of drug-likeness (QED) is 0.794. The van der Waals surface area contributed by atoms with Crippen molar-refractivity contribution in [1.29, 1.82) is 0 Å². The molecule has 1 saturated heterocycles. The molecule has 0 spiro atoms. The molecule has 0 N–H and O–H groups in total. The third-order valence-electron chi connectivity index (χ3n) is 3.93. The number of carbonyl (C=O) groups excluding carboxylic acids is 1. The van der Waals surface area contributed by atoms with Crippen LogP contribution in [-0.2, 0) is 10.0 Å². The highest BCUT2D eigenvalue weighted by Crippen LogP contribution is 2.31. The Balaban J connectivity index is 1.75. The van der Waals surface area contributed by atoms with Crippen LogP contribution in [0, 0.1) is 0 Å². The highest BCUT2D eigenvalue weighted by atomic mass is 35.5. The van der Waals surface area contributed by atoms with Gasteiger partial charge in [0.1, 0.15) is 10.6 Å². The monoisotopic (exact) mass is 399 g/mol. The molecule has 0 saturated carbocycles. The van der Waals surface area contributed by atoms with E-state index in [9.17, 15) is 13.2 Å². The number of rotatable bonds is 3. The number of piperazine rings is 1. The molecule has 132 valence electrons. The van der Waals surface area contributed by atoms with Crippen molar-refractivity contribution in [2.45, 2.75) is 4.90 Å². The van der Waals surface area contributed by atoms with Crippen molar-refractivity contribution in [1.82, 2.24) is 14.2 Å². The van der Waals surface area contributed by atoms with Gasteiger partial charge in [-0.15, -0.1) is 0 Å². The predicted octanol–water partition coefficient (Wildman–Crippen LogP) is 2.54. The number of sulfonamides is 1. The van der Waals surface area contributed by atoms with E-state index < -0.39 is 10.0 Å². The minimum Gasteiger partial charge on any atom is -0.335 e. The second-order valence-electron chi connectivity index (χ2n) is 5.46. The van der Waals surface area contributed by atoms with Crippen molar-refractivity contribution in [3.63, 3.8) is 0 Å². The first-order valence-corrected chi connectivity index (χ1v) is 9.75. The number of nitrogens with zero attached hydrogens (tertiary/aromatic N) is 3. The van der Waals surface area contributed by atoms with E-state index in [1.165, 1.54) is 16.4 Å². The Kier molecular flexibility index (Phi) is 5.29. The van der Waals surface area contributed by atoms with Gasteiger partial charge in [-0.05, 0) is 24.3 Å². The predicted molar refractivity (Wildman–Crippen MR) is 95.4 cm³/mol. The summed E-state index contributed by atoms with van der Waals surface area (Å²) in [6.45, 7) is 0.887. The van der Waals surface area contributed by atoms with Crippen molar-refractivity contribution >= 4 is 39.1 Å². The lowest BCUT2D eigenvalue weighted by molar-refractivity contribution is 0.0692. The maximum Gasteiger partial charge on any atom is 0.272 e. The van der Waals surface area contributed by atoms with Crippen LogP contribution in [0.1, 0.15) is 10.5 Å². The zero-order valence-corrected chi connectivity index (χ0v) is 15.4. The number of halogens is 2. The number of aromatic nitrogens is 1. The third kappa shape index (κ3) is 3.64. The molecule has 2 heterocycles. The van der Waals surface area contributed by atoms with Gasteiger partial charge >= 0.3 is 0 Å². The molecule has 1 aliphatic rings. The molecule has 1 aromatic carbocycles. The zero-order chi connectivity index (χ0) is 18.0. The molecule has 0 radical (unpaired) electrons. The summed E-state index contributed by atoms with van der Waals surface area (Å²) in [5.41, 5.74) is 0.341. The lowest BCUT2D eigenvalue weighted by atomic mass is 10.3. The van der Waals surface area contributed by atoms with Gasteiger partial charge in [-0.1, -0.05) is 35.3 Å². The van der Waals surface area contributed by atoms with Crippen LogP contribution in [0.5, 0.6) is 0 Å². The largest absolute Gasteiger partial charge is 0.335 e. The Morgan fingerprint density at radius 1 is 0.960 bits per heavy atom. The number of pyridine rings is 1. The first-order valence-electron chi connectivity index (χ1n) is 7.56. The topological polar surface area (TPSA) is 70.6 Å². The molecule has 1 fully saturated rings. The minimum absolute atomic E-state index is 0.0829. The fraction of sp³-hybridized carbons (Fsp3) is 0.250. The molecule has 0 atom stereocenters. The smallest absolute Gasteiger partial charge is 0.272 e. The Labute approximate surface area is 156 Å². The average molecular weight is 400 g/mol. The lowest BCUT2D eigenvalue weighted by Crippen LogP contribution is -2.50. The highest BCUT2D eigenvalue weighted by molar-refractivity contribution is 7.89. The van der Waals surface area contributed by atoms with Gasteiger partial charge in [0.15, 0.2) is 0 Å². The number of hydrogen-bond acceptors (Lipinski definition) is 4. The molecule has 9 heteroatoms. The van der Waals surface area contributed by atoms with Gasteiger partial charge in [0.25, 0.3) is 5.91 Å². The van der Waals surface area contributed by atoms with Crippen LogP contribution in [0.15, 0.2) is 47.5 Å². The maximum atomic E-state index is 12.8. The van der Waals surface area contributed by atoms with Crippen LogP contribution in [0.3, 0.4) is 0 Å². The van der Waals surface area contributed by atoms with Crippen molar-refractivity contribution < 1.29 is 13.2 Å². The molecular weight excluding hydrogens is 385 g/mol. The van der Waals surface area contributed by atoms with E-state index in [1.54, 1.807) is 35.4 Å². The zero-order valence-electron chi connectivity index (χ0n) is 13.1. The van der Waals surface area contributed by atoms with Gasteiger partial charge < -0.3 is 4.90 Å². The standard InChI is InChI=1S/C16H15Cl2N3O3S/c17-12-4-3-5-13(18)15(12)25(23,24)21-10-8-20(9-11-21)16(22)14-6-1-2-7-19-14/h1-7H,8-11H2. The molecule has 3 rings (SSSR count). The number of amides is 1. The summed E-state index contributed by atoms with van der Waals surface area (Å²) in [5, 5.41) is 0.166. The summed E-state index contributed by atoms with van der Waals surface area (Å²) in [5.74, 6) is -0.214. The fourth-order valence-electron chi connectivity index (χ4n) is 2.64. The summed E-state index contributed by atoms with van der Waals surface area (Å²) in [7, 11) is -3.82. The summed E-state index contributed by atoms with van der Waals surface area (Å²) in [6, 6.07) is 9.67.